The molecule has 1 atom stereocenters. The van der Waals surface area contributed by atoms with Crippen molar-refractivity contribution in [3.63, 3.8) is 0 Å². The number of alkyl halides is 1. The minimum Gasteiger partial charge on any atom is -0.491 e. The van der Waals surface area contributed by atoms with Crippen LogP contribution < -0.4 is 15.4 Å². The van der Waals surface area contributed by atoms with Crippen LogP contribution in [0.4, 0.5) is 10.3 Å². The summed E-state index contributed by atoms with van der Waals surface area (Å²) in [6, 6.07) is 8.18. The van der Waals surface area contributed by atoms with Crippen LogP contribution in [0.5, 0.6) is 5.75 Å². The quantitative estimate of drug-likeness (QED) is 0.861. The number of halogens is 1. The first-order valence-corrected chi connectivity index (χ1v) is 7.91. The highest BCUT2D eigenvalue weighted by Gasteiger charge is 2.25. The molecule has 5 nitrogen and oxygen atoms in total. The van der Waals surface area contributed by atoms with E-state index in [9.17, 15) is 4.39 Å². The summed E-state index contributed by atoms with van der Waals surface area (Å²) in [5.74, 6) is 1.50. The first kappa shape index (κ1) is 14.3. The molecule has 0 saturated heterocycles. The number of anilines is 1. The molecule has 2 aliphatic rings. The number of aromatic nitrogens is 2. The maximum Gasteiger partial charge on any atom is 0.209 e. The summed E-state index contributed by atoms with van der Waals surface area (Å²) in [4.78, 5) is 4.65. The molecule has 6 heteroatoms. The third kappa shape index (κ3) is 3.22. The fourth-order valence-corrected chi connectivity index (χ4v) is 2.60. The Kier molecular flexibility index (Phi) is 3.75. The number of benzene rings is 1. The first-order chi connectivity index (χ1) is 11.3. The molecule has 1 aliphatic carbocycles. The van der Waals surface area contributed by atoms with Crippen molar-refractivity contribution in [3.05, 3.63) is 36.5 Å². The molecule has 0 spiro atoms. The predicted molar refractivity (Wildman–Crippen MR) is 88.0 cm³/mol. The van der Waals surface area contributed by atoms with Crippen molar-refractivity contribution in [3.8, 4) is 17.0 Å². The third-order valence-corrected chi connectivity index (χ3v) is 3.94. The van der Waals surface area contributed by atoms with E-state index < -0.39 is 6.67 Å². The Hall–Kier alpha value is -2.34. The summed E-state index contributed by atoms with van der Waals surface area (Å²) in [5, 5.41) is 6.90. The fraction of sp³-hybridized carbons (Fsp3) is 0.353. The monoisotopic (exact) mass is 314 g/mol. The highest BCUT2D eigenvalue weighted by Crippen LogP contribution is 2.26. The summed E-state index contributed by atoms with van der Waals surface area (Å²) in [7, 11) is 0. The van der Waals surface area contributed by atoms with E-state index >= 15 is 0 Å². The summed E-state index contributed by atoms with van der Waals surface area (Å²) < 4.78 is 19.3. The molecule has 120 valence electrons. The molecule has 0 amide bonds. The normalized spacial score (nSPS) is 19.3. The van der Waals surface area contributed by atoms with E-state index in [2.05, 4.69) is 21.7 Å². The Morgan fingerprint density at radius 2 is 2.13 bits per heavy atom. The molecular weight excluding hydrogens is 295 g/mol. The van der Waals surface area contributed by atoms with Crippen LogP contribution in [0.2, 0.25) is 0 Å². The lowest BCUT2D eigenvalue weighted by Gasteiger charge is -2.20. The lowest BCUT2D eigenvalue weighted by molar-refractivity contribution is 0.273. The summed E-state index contributed by atoms with van der Waals surface area (Å²) in [6.45, 7) is -0.397. The van der Waals surface area contributed by atoms with Gasteiger partial charge >= 0.3 is 0 Å². The van der Waals surface area contributed by atoms with Gasteiger partial charge in [0.2, 0.25) is 5.95 Å². The minimum absolute atomic E-state index is 0.0855. The zero-order valence-corrected chi connectivity index (χ0v) is 12.7. The molecule has 0 bridgehead atoms. The topological polar surface area (TPSA) is 51.1 Å². The lowest BCUT2D eigenvalue weighted by Crippen LogP contribution is -2.38. The molecule has 2 aromatic rings. The highest BCUT2D eigenvalue weighted by molar-refractivity contribution is 5.64. The van der Waals surface area contributed by atoms with Crippen molar-refractivity contribution in [2.45, 2.75) is 25.0 Å². The average Bonchev–Trinajstić information content (AvgIpc) is 3.29. The summed E-state index contributed by atoms with van der Waals surface area (Å²) >= 11 is 0. The molecule has 1 aliphatic heterocycles. The van der Waals surface area contributed by atoms with E-state index in [1.54, 1.807) is 0 Å². The van der Waals surface area contributed by atoms with E-state index in [1.165, 1.54) is 12.8 Å². The van der Waals surface area contributed by atoms with Gasteiger partial charge in [0, 0.05) is 24.0 Å². The van der Waals surface area contributed by atoms with Gasteiger partial charge in [-0.1, -0.05) is 0 Å². The smallest absolute Gasteiger partial charge is 0.209 e. The highest BCUT2D eigenvalue weighted by atomic mass is 19.1. The van der Waals surface area contributed by atoms with Gasteiger partial charge in [0.25, 0.3) is 0 Å². The molecule has 1 aromatic heterocycles. The van der Waals surface area contributed by atoms with Crippen LogP contribution in [-0.2, 0) is 0 Å². The molecule has 1 aromatic carbocycles. The van der Waals surface area contributed by atoms with Crippen LogP contribution >= 0.6 is 0 Å². The van der Waals surface area contributed by atoms with Gasteiger partial charge in [-0.15, -0.1) is 0 Å². The van der Waals surface area contributed by atoms with Crippen LogP contribution in [0.3, 0.4) is 0 Å². The van der Waals surface area contributed by atoms with Crippen molar-refractivity contribution < 1.29 is 9.13 Å². The molecular formula is C17H19FN4O. The predicted octanol–water partition coefficient (Wildman–Crippen LogP) is 2.87. The first-order valence-electron chi connectivity index (χ1n) is 7.91. The number of rotatable bonds is 6. The zero-order chi connectivity index (χ0) is 15.6. The van der Waals surface area contributed by atoms with Gasteiger partial charge in [0.05, 0.1) is 5.69 Å². The number of hydrogen-bond acceptors (Lipinski definition) is 4. The van der Waals surface area contributed by atoms with E-state index in [1.807, 2.05) is 41.2 Å². The Morgan fingerprint density at radius 3 is 2.87 bits per heavy atom. The van der Waals surface area contributed by atoms with E-state index in [-0.39, 0.29) is 12.8 Å². The van der Waals surface area contributed by atoms with Crippen LogP contribution in [0.1, 0.15) is 12.8 Å². The fourth-order valence-electron chi connectivity index (χ4n) is 2.60. The number of nitrogens with one attached hydrogen (secondary N) is 2. The minimum atomic E-state index is -0.483. The van der Waals surface area contributed by atoms with Crippen LogP contribution in [0.25, 0.3) is 17.5 Å². The zero-order valence-electron chi connectivity index (χ0n) is 12.7. The molecule has 0 radical (unpaired) electrons. The molecule has 1 saturated carbocycles. The summed E-state index contributed by atoms with van der Waals surface area (Å²) in [5.41, 5.74) is 1.89. The standard InChI is InChI=1S/C17H19FN4O/c18-8-10-23-14-5-1-12(2-6-14)15-11-22-9-7-16(19-13-3-4-13)21-17(22)20-15/h1-2,5-7,9,11,13,16,19H,3-4,8,10H2,(H,20,21). The Morgan fingerprint density at radius 1 is 1.30 bits per heavy atom. The molecule has 1 unspecified atom stereocenters. The van der Waals surface area contributed by atoms with Crippen LogP contribution in [-0.4, -0.2) is 35.0 Å². The van der Waals surface area contributed by atoms with Crippen molar-refractivity contribution >= 4 is 12.1 Å². The maximum absolute atomic E-state index is 12.1. The van der Waals surface area contributed by atoms with Gasteiger partial charge in [-0.05, 0) is 43.2 Å². The van der Waals surface area contributed by atoms with Crippen molar-refractivity contribution in [1.29, 1.82) is 0 Å². The van der Waals surface area contributed by atoms with Crippen molar-refractivity contribution in [2.24, 2.45) is 0 Å². The van der Waals surface area contributed by atoms with Gasteiger partial charge in [-0.3, -0.25) is 9.88 Å². The Labute approximate surface area is 134 Å². The Balaban J connectivity index is 1.48. The maximum atomic E-state index is 12.1. The summed E-state index contributed by atoms with van der Waals surface area (Å²) in [6.07, 6.45) is 8.77. The lowest BCUT2D eigenvalue weighted by atomic mass is 10.2. The second-order valence-electron chi connectivity index (χ2n) is 5.82. The second kappa shape index (κ2) is 6.04. The second-order valence-corrected chi connectivity index (χ2v) is 5.82. The SMILES string of the molecule is FCCOc1ccc(-c2cn3c(n2)NC(NC2CC2)C=C3)cc1. The molecule has 1 fully saturated rings. The van der Waals surface area contributed by atoms with Gasteiger partial charge in [-0.2, -0.15) is 0 Å². The number of imidazole rings is 1. The van der Waals surface area contributed by atoms with Gasteiger partial charge in [-0.25, -0.2) is 9.37 Å². The van der Waals surface area contributed by atoms with Crippen LogP contribution in [0.15, 0.2) is 36.5 Å². The van der Waals surface area contributed by atoms with E-state index in [0.29, 0.717) is 11.8 Å². The van der Waals surface area contributed by atoms with Gasteiger partial charge in [0.1, 0.15) is 25.2 Å². The molecule has 23 heavy (non-hydrogen) atoms. The number of hydrogen-bond donors (Lipinski definition) is 2. The van der Waals surface area contributed by atoms with E-state index in [4.69, 9.17) is 4.74 Å². The molecule has 2 heterocycles. The number of nitrogens with zero attached hydrogens (tertiary/aromatic N) is 2. The van der Waals surface area contributed by atoms with E-state index in [0.717, 1.165) is 17.2 Å². The van der Waals surface area contributed by atoms with Crippen molar-refractivity contribution in [1.82, 2.24) is 14.9 Å². The van der Waals surface area contributed by atoms with Crippen molar-refractivity contribution in [2.75, 3.05) is 18.6 Å². The molecule has 2 N–H and O–H groups in total. The van der Waals surface area contributed by atoms with Crippen LogP contribution in [0, 0.1) is 0 Å². The number of ether oxygens (including phenoxy) is 1. The largest absolute Gasteiger partial charge is 0.491 e. The van der Waals surface area contributed by atoms with Gasteiger partial charge in [0.15, 0.2) is 0 Å². The molecule has 4 rings (SSSR count). The Bertz CT molecular complexity index is 706. The average molecular weight is 314 g/mol. The third-order valence-electron chi connectivity index (χ3n) is 3.94. The number of fused-ring (bicyclic) bond motifs is 1. The van der Waals surface area contributed by atoms with Gasteiger partial charge < -0.3 is 10.1 Å².